The lowest BCUT2D eigenvalue weighted by molar-refractivity contribution is -0.111. The van der Waals surface area contributed by atoms with Gasteiger partial charge in [-0.25, -0.2) is 0 Å². The predicted molar refractivity (Wildman–Crippen MR) is 96.9 cm³/mol. The van der Waals surface area contributed by atoms with Gasteiger partial charge >= 0.3 is 0 Å². The average Bonchev–Trinajstić information content (AvgIpc) is 3.09. The molecule has 0 N–H and O–H groups in total. The minimum absolute atomic E-state index is 0.0920. The summed E-state index contributed by atoms with van der Waals surface area (Å²) in [6, 6.07) is 18.0. The molecule has 0 aliphatic rings. The van der Waals surface area contributed by atoms with E-state index in [-0.39, 0.29) is 5.78 Å². The maximum Gasteiger partial charge on any atom is 0.192 e. The number of aromatic nitrogens is 4. The summed E-state index contributed by atoms with van der Waals surface area (Å²) in [5, 5.41) is 11.8. The molecule has 0 atom stereocenters. The quantitative estimate of drug-likeness (QED) is 0.672. The van der Waals surface area contributed by atoms with E-state index in [2.05, 4.69) is 27.7 Å². The van der Waals surface area contributed by atoms with E-state index in [4.69, 9.17) is 0 Å². The highest BCUT2D eigenvalue weighted by Gasteiger charge is 2.17. The lowest BCUT2D eigenvalue weighted by Crippen LogP contribution is -2.11. The van der Waals surface area contributed by atoms with Crippen LogP contribution < -0.4 is 0 Å². The number of hydrogen-bond donors (Lipinski definition) is 0. The van der Waals surface area contributed by atoms with Crippen LogP contribution in [0.15, 0.2) is 60.8 Å². The van der Waals surface area contributed by atoms with Crippen molar-refractivity contribution in [3.8, 4) is 16.8 Å². The highest BCUT2D eigenvalue weighted by atomic mass is 16.1. The maximum absolute atomic E-state index is 12.0. The van der Waals surface area contributed by atoms with Crippen LogP contribution in [0.25, 0.3) is 22.4 Å². The third-order valence-corrected chi connectivity index (χ3v) is 3.70. The van der Waals surface area contributed by atoms with E-state index in [1.54, 1.807) is 15.8 Å². The van der Waals surface area contributed by atoms with Gasteiger partial charge in [0.05, 0.1) is 11.3 Å². The predicted octanol–water partition coefficient (Wildman–Crippen LogP) is 2.82. The molecule has 0 spiro atoms. The van der Waals surface area contributed by atoms with Crippen LogP contribution in [0, 0.1) is 0 Å². The Labute approximate surface area is 146 Å². The molecule has 3 aromatic rings. The molecule has 1 heterocycles. The number of allylic oxidation sites excluding steroid dienone is 1. The van der Waals surface area contributed by atoms with Crippen LogP contribution in [0.1, 0.15) is 12.7 Å². The fourth-order valence-electron chi connectivity index (χ4n) is 2.52. The number of benzene rings is 2. The molecule has 3 rings (SSSR count). The van der Waals surface area contributed by atoms with E-state index < -0.39 is 0 Å². The van der Waals surface area contributed by atoms with Crippen molar-refractivity contribution in [2.75, 3.05) is 14.1 Å². The number of rotatable bonds is 5. The smallest absolute Gasteiger partial charge is 0.192 e. The van der Waals surface area contributed by atoms with Crippen molar-refractivity contribution in [1.29, 1.82) is 0 Å². The largest absolute Gasteiger partial charge is 0.383 e. The first kappa shape index (κ1) is 16.6. The van der Waals surface area contributed by atoms with Gasteiger partial charge in [-0.1, -0.05) is 42.5 Å². The number of nitrogens with zero attached hydrogens (tertiary/aromatic N) is 5. The second-order valence-corrected chi connectivity index (χ2v) is 5.89. The van der Waals surface area contributed by atoms with Crippen molar-refractivity contribution in [2.45, 2.75) is 6.92 Å². The summed E-state index contributed by atoms with van der Waals surface area (Å²) in [5.41, 5.74) is 3.50. The minimum Gasteiger partial charge on any atom is -0.383 e. The second kappa shape index (κ2) is 7.09. The number of tetrazole rings is 1. The molecule has 2 aromatic carbocycles. The molecule has 0 radical (unpaired) electrons. The third kappa shape index (κ3) is 3.63. The zero-order valence-electron chi connectivity index (χ0n) is 14.4. The fraction of sp³-hybridized carbons (Fsp3) is 0.158. The summed E-state index contributed by atoms with van der Waals surface area (Å²) in [6.07, 6.45) is 1.73. The number of carbonyl (C=O) groups is 1. The lowest BCUT2D eigenvalue weighted by Gasteiger charge is -2.10. The van der Waals surface area contributed by atoms with E-state index in [0.29, 0.717) is 11.4 Å². The number of hydrogen-bond acceptors (Lipinski definition) is 5. The van der Waals surface area contributed by atoms with Crippen molar-refractivity contribution in [3.05, 3.63) is 66.6 Å². The van der Waals surface area contributed by atoms with Gasteiger partial charge in [-0.15, -0.1) is 5.10 Å². The Balaban J connectivity index is 1.99. The van der Waals surface area contributed by atoms with Gasteiger partial charge in [-0.2, -0.15) is 4.68 Å². The van der Waals surface area contributed by atoms with Crippen molar-refractivity contribution < 1.29 is 4.79 Å². The standard InChI is InChI=1S/C19H19N5O/c1-14(25)18(13-23(2)3)19-20-21-22-24(19)17-11-9-16(10-12-17)15-7-5-4-6-8-15/h4-13H,1-3H3. The van der Waals surface area contributed by atoms with Crippen LogP contribution in [0.5, 0.6) is 0 Å². The van der Waals surface area contributed by atoms with Gasteiger partial charge in [0.2, 0.25) is 0 Å². The molecular weight excluding hydrogens is 314 g/mol. The summed E-state index contributed by atoms with van der Waals surface area (Å²) in [4.78, 5) is 13.8. The molecule has 0 fully saturated rings. The number of Topliss-reactive ketones (excluding diaryl/α,β-unsaturated/α-hetero) is 1. The third-order valence-electron chi connectivity index (χ3n) is 3.70. The Morgan fingerprint density at radius 3 is 2.24 bits per heavy atom. The molecule has 6 heteroatoms. The Bertz CT molecular complexity index is 895. The maximum atomic E-state index is 12.0. The Morgan fingerprint density at radius 1 is 1.00 bits per heavy atom. The average molecular weight is 333 g/mol. The van der Waals surface area contributed by atoms with Crippen molar-refractivity contribution >= 4 is 11.4 Å². The van der Waals surface area contributed by atoms with Crippen LogP contribution in [-0.2, 0) is 4.79 Å². The van der Waals surface area contributed by atoms with Gasteiger partial charge in [0.1, 0.15) is 0 Å². The van der Waals surface area contributed by atoms with Crippen LogP contribution in [0.2, 0.25) is 0 Å². The van der Waals surface area contributed by atoms with Gasteiger partial charge < -0.3 is 4.90 Å². The molecule has 0 aliphatic carbocycles. The summed E-state index contributed by atoms with van der Waals surface area (Å²) in [5.74, 6) is 0.333. The topological polar surface area (TPSA) is 63.9 Å². The van der Waals surface area contributed by atoms with Gasteiger partial charge in [0.25, 0.3) is 0 Å². The summed E-state index contributed by atoms with van der Waals surface area (Å²) in [7, 11) is 3.71. The van der Waals surface area contributed by atoms with E-state index in [9.17, 15) is 4.79 Å². The van der Waals surface area contributed by atoms with Gasteiger partial charge in [-0.05, 0) is 40.6 Å². The molecule has 0 unspecified atom stereocenters. The SMILES string of the molecule is CC(=O)C(=CN(C)C)c1nnnn1-c1ccc(-c2ccccc2)cc1. The summed E-state index contributed by atoms with van der Waals surface area (Å²) in [6.45, 7) is 1.51. The lowest BCUT2D eigenvalue weighted by atomic mass is 10.1. The fourth-order valence-corrected chi connectivity index (χ4v) is 2.52. The molecule has 6 nitrogen and oxygen atoms in total. The highest BCUT2D eigenvalue weighted by Crippen LogP contribution is 2.22. The zero-order chi connectivity index (χ0) is 17.8. The summed E-state index contributed by atoms with van der Waals surface area (Å²) >= 11 is 0. The van der Waals surface area contributed by atoms with Gasteiger partial charge in [0, 0.05) is 20.3 Å². The Kier molecular flexibility index (Phi) is 4.70. The van der Waals surface area contributed by atoms with Crippen molar-refractivity contribution in [3.63, 3.8) is 0 Å². The van der Waals surface area contributed by atoms with Crippen molar-refractivity contribution in [1.82, 2.24) is 25.1 Å². The van der Waals surface area contributed by atoms with Gasteiger partial charge in [0.15, 0.2) is 11.6 Å². The first-order valence-corrected chi connectivity index (χ1v) is 7.90. The number of carbonyl (C=O) groups excluding carboxylic acids is 1. The first-order chi connectivity index (χ1) is 12.1. The van der Waals surface area contributed by atoms with Gasteiger partial charge in [-0.3, -0.25) is 4.79 Å². The van der Waals surface area contributed by atoms with E-state index >= 15 is 0 Å². The second-order valence-electron chi connectivity index (χ2n) is 5.89. The monoisotopic (exact) mass is 333 g/mol. The molecule has 1 aromatic heterocycles. The molecule has 0 aliphatic heterocycles. The zero-order valence-corrected chi connectivity index (χ0v) is 14.4. The summed E-state index contributed by atoms with van der Waals surface area (Å²) < 4.78 is 1.57. The molecular formula is C19H19N5O. The van der Waals surface area contributed by atoms with Crippen LogP contribution in [0.4, 0.5) is 0 Å². The van der Waals surface area contributed by atoms with E-state index in [0.717, 1.165) is 16.8 Å². The highest BCUT2D eigenvalue weighted by molar-refractivity contribution is 6.18. The van der Waals surface area contributed by atoms with Crippen LogP contribution in [0.3, 0.4) is 0 Å². The molecule has 25 heavy (non-hydrogen) atoms. The Hall–Kier alpha value is -3.28. The molecule has 0 saturated heterocycles. The molecule has 0 saturated carbocycles. The normalized spacial score (nSPS) is 11.4. The minimum atomic E-state index is -0.0920. The first-order valence-electron chi connectivity index (χ1n) is 7.90. The van der Waals surface area contributed by atoms with Crippen LogP contribution in [-0.4, -0.2) is 45.0 Å². The van der Waals surface area contributed by atoms with Crippen molar-refractivity contribution in [2.24, 2.45) is 0 Å². The Morgan fingerprint density at radius 2 is 1.64 bits per heavy atom. The molecule has 0 bridgehead atoms. The van der Waals surface area contributed by atoms with E-state index in [1.165, 1.54) is 6.92 Å². The molecule has 0 amide bonds. The number of ketones is 1. The molecule has 126 valence electrons. The van der Waals surface area contributed by atoms with E-state index in [1.807, 2.05) is 56.6 Å². The van der Waals surface area contributed by atoms with Crippen LogP contribution >= 0.6 is 0 Å².